The van der Waals surface area contributed by atoms with E-state index in [9.17, 15) is 14.3 Å². The van der Waals surface area contributed by atoms with Crippen LogP contribution in [0.3, 0.4) is 0 Å². The van der Waals surface area contributed by atoms with E-state index in [0.717, 1.165) is 5.56 Å². The smallest absolute Gasteiger partial charge is 0.255 e. The Balaban J connectivity index is 2.01. The molecule has 3 aromatic rings. The molecule has 7 nitrogen and oxygen atoms in total. The number of hydrogen-bond donors (Lipinski definition) is 3. The third kappa shape index (κ3) is 5.53. The van der Waals surface area contributed by atoms with Crippen molar-refractivity contribution in [2.24, 2.45) is 0 Å². The molecule has 31 heavy (non-hydrogen) atoms. The number of nitrogens with zero attached hydrogens (tertiary/aromatic N) is 3. The Morgan fingerprint density at radius 2 is 2.00 bits per heavy atom. The van der Waals surface area contributed by atoms with Crippen LogP contribution < -0.4 is 10.6 Å². The second kappa shape index (κ2) is 9.80. The number of amides is 1. The molecule has 1 atom stereocenters. The van der Waals surface area contributed by atoms with Crippen LogP contribution in [-0.2, 0) is 0 Å². The summed E-state index contributed by atoms with van der Waals surface area (Å²) in [5, 5.41) is 15.6. The van der Waals surface area contributed by atoms with Crippen molar-refractivity contribution >= 4 is 29.0 Å². The zero-order valence-electron chi connectivity index (χ0n) is 17.4. The Labute approximate surface area is 184 Å². The predicted molar refractivity (Wildman–Crippen MR) is 118 cm³/mol. The molecule has 2 heterocycles. The minimum Gasteiger partial charge on any atom is -0.392 e. The fourth-order valence-corrected chi connectivity index (χ4v) is 3.03. The first-order chi connectivity index (χ1) is 14.8. The van der Waals surface area contributed by atoms with Crippen molar-refractivity contribution in [3.8, 4) is 11.4 Å². The molecule has 0 aliphatic rings. The number of aliphatic hydroxyl groups excluding tert-OH is 1. The maximum atomic E-state index is 14.4. The van der Waals surface area contributed by atoms with Crippen LogP contribution in [0.5, 0.6) is 0 Å². The van der Waals surface area contributed by atoms with Gasteiger partial charge in [-0.1, -0.05) is 25.4 Å². The van der Waals surface area contributed by atoms with Gasteiger partial charge >= 0.3 is 0 Å². The van der Waals surface area contributed by atoms with Gasteiger partial charge < -0.3 is 15.7 Å². The summed E-state index contributed by atoms with van der Waals surface area (Å²) in [6.45, 7) is 5.64. The van der Waals surface area contributed by atoms with E-state index in [0.29, 0.717) is 16.5 Å². The highest BCUT2D eigenvalue weighted by molar-refractivity contribution is 6.30. The van der Waals surface area contributed by atoms with Crippen molar-refractivity contribution in [2.75, 3.05) is 11.9 Å². The average molecular weight is 444 g/mol. The van der Waals surface area contributed by atoms with Crippen molar-refractivity contribution in [1.82, 2.24) is 20.3 Å². The summed E-state index contributed by atoms with van der Waals surface area (Å²) >= 11 is 6.02. The number of carbonyl (C=O) groups excluding carboxylic acids is 1. The van der Waals surface area contributed by atoms with E-state index in [-0.39, 0.29) is 29.4 Å². The number of rotatable bonds is 7. The average Bonchev–Trinajstić information content (AvgIpc) is 2.74. The van der Waals surface area contributed by atoms with Crippen LogP contribution in [0, 0.1) is 5.82 Å². The molecule has 0 saturated heterocycles. The standard InChI is InChI=1S/C22H23ClFN5O2/c1-12(2)16-11-26-20(15-8-14(23)4-5-18(15)24)29-21(16)28-19-6-7-25-10-17(19)22(31)27-9-13(3)30/h4-8,10-13,30H,9H2,1-3H3,(H,27,31)(H,25,26,28,29)/t13-/m1/s1. The van der Waals surface area contributed by atoms with Crippen molar-refractivity contribution < 1.29 is 14.3 Å². The molecule has 2 aromatic heterocycles. The van der Waals surface area contributed by atoms with Gasteiger partial charge in [-0.3, -0.25) is 9.78 Å². The minimum atomic E-state index is -0.679. The number of anilines is 2. The first-order valence-corrected chi connectivity index (χ1v) is 10.1. The van der Waals surface area contributed by atoms with E-state index in [1.165, 1.54) is 24.4 Å². The van der Waals surface area contributed by atoms with E-state index in [1.54, 1.807) is 25.4 Å². The number of nitrogens with one attached hydrogen (secondary N) is 2. The van der Waals surface area contributed by atoms with Crippen LogP contribution in [0.25, 0.3) is 11.4 Å². The Hall–Kier alpha value is -3.10. The molecule has 0 spiro atoms. The molecule has 0 unspecified atom stereocenters. The Morgan fingerprint density at radius 1 is 1.23 bits per heavy atom. The van der Waals surface area contributed by atoms with Crippen LogP contribution in [-0.4, -0.2) is 38.6 Å². The lowest BCUT2D eigenvalue weighted by Crippen LogP contribution is -2.31. The summed E-state index contributed by atoms with van der Waals surface area (Å²) in [5.41, 5.74) is 1.72. The Kier molecular flexibility index (Phi) is 7.14. The fourth-order valence-electron chi connectivity index (χ4n) is 2.86. The van der Waals surface area contributed by atoms with Crippen LogP contribution >= 0.6 is 11.6 Å². The lowest BCUT2D eigenvalue weighted by Gasteiger charge is -2.17. The molecular weight excluding hydrogens is 421 g/mol. The van der Waals surface area contributed by atoms with Gasteiger partial charge in [0, 0.05) is 35.7 Å². The van der Waals surface area contributed by atoms with Gasteiger partial charge in [0.25, 0.3) is 5.91 Å². The second-order valence-corrected chi connectivity index (χ2v) is 7.82. The first kappa shape index (κ1) is 22.6. The number of halogens is 2. The SMILES string of the molecule is CC(C)c1cnc(-c2cc(Cl)ccc2F)nc1Nc1ccncc1C(=O)NC[C@@H](C)O. The third-order valence-corrected chi connectivity index (χ3v) is 4.72. The second-order valence-electron chi connectivity index (χ2n) is 7.38. The maximum absolute atomic E-state index is 14.4. The van der Waals surface area contributed by atoms with Crippen LogP contribution in [0.1, 0.15) is 42.6 Å². The maximum Gasteiger partial charge on any atom is 0.255 e. The van der Waals surface area contributed by atoms with Gasteiger partial charge in [-0.05, 0) is 37.1 Å². The fraction of sp³-hybridized carbons (Fsp3) is 0.273. The molecule has 0 radical (unpaired) electrons. The summed E-state index contributed by atoms with van der Waals surface area (Å²) in [5.74, 6) is -0.209. The van der Waals surface area contributed by atoms with Gasteiger partial charge in [0.2, 0.25) is 0 Å². The Bertz CT molecular complexity index is 1090. The Morgan fingerprint density at radius 3 is 2.71 bits per heavy atom. The number of benzene rings is 1. The molecule has 9 heteroatoms. The van der Waals surface area contributed by atoms with Crippen molar-refractivity contribution in [1.29, 1.82) is 0 Å². The third-order valence-electron chi connectivity index (χ3n) is 4.49. The molecule has 162 valence electrons. The normalized spacial score (nSPS) is 12.0. The van der Waals surface area contributed by atoms with Crippen LogP contribution in [0.15, 0.2) is 42.9 Å². The molecule has 0 fully saturated rings. The van der Waals surface area contributed by atoms with Gasteiger partial charge in [0.15, 0.2) is 5.82 Å². The minimum absolute atomic E-state index is 0.0649. The van der Waals surface area contributed by atoms with Crippen LogP contribution in [0.2, 0.25) is 5.02 Å². The van der Waals surface area contributed by atoms with E-state index in [4.69, 9.17) is 11.6 Å². The molecule has 0 aliphatic heterocycles. The lowest BCUT2D eigenvalue weighted by molar-refractivity contribution is 0.0924. The number of aliphatic hydroxyl groups is 1. The molecule has 0 aliphatic carbocycles. The number of aromatic nitrogens is 3. The quantitative estimate of drug-likeness (QED) is 0.503. The molecule has 1 amide bonds. The summed E-state index contributed by atoms with van der Waals surface area (Å²) in [7, 11) is 0. The molecule has 1 aromatic carbocycles. The van der Waals surface area contributed by atoms with Crippen molar-refractivity contribution in [2.45, 2.75) is 32.8 Å². The van der Waals surface area contributed by atoms with Gasteiger partial charge in [-0.15, -0.1) is 0 Å². The molecule has 0 bridgehead atoms. The van der Waals surface area contributed by atoms with E-state index in [1.807, 2.05) is 13.8 Å². The highest BCUT2D eigenvalue weighted by atomic mass is 35.5. The molecule has 3 rings (SSSR count). The van der Waals surface area contributed by atoms with E-state index in [2.05, 4.69) is 25.6 Å². The molecule has 0 saturated carbocycles. The number of hydrogen-bond acceptors (Lipinski definition) is 6. The highest BCUT2D eigenvalue weighted by Gasteiger charge is 2.18. The number of carbonyl (C=O) groups is 1. The topological polar surface area (TPSA) is 100 Å². The van der Waals surface area contributed by atoms with Crippen molar-refractivity contribution in [3.05, 3.63) is 64.8 Å². The van der Waals surface area contributed by atoms with Gasteiger partial charge in [0.05, 0.1) is 22.9 Å². The zero-order chi connectivity index (χ0) is 22.5. The first-order valence-electron chi connectivity index (χ1n) is 9.76. The molecular formula is C22H23ClFN5O2. The van der Waals surface area contributed by atoms with Crippen LogP contribution in [0.4, 0.5) is 15.9 Å². The summed E-state index contributed by atoms with van der Waals surface area (Å²) in [6, 6.07) is 5.82. The summed E-state index contributed by atoms with van der Waals surface area (Å²) in [4.78, 5) is 25.4. The van der Waals surface area contributed by atoms with Gasteiger partial charge in [-0.2, -0.15) is 0 Å². The van der Waals surface area contributed by atoms with Gasteiger partial charge in [0.1, 0.15) is 11.6 Å². The van der Waals surface area contributed by atoms with Gasteiger partial charge in [-0.25, -0.2) is 14.4 Å². The summed E-state index contributed by atoms with van der Waals surface area (Å²) in [6.07, 6.45) is 3.92. The summed E-state index contributed by atoms with van der Waals surface area (Å²) < 4.78 is 14.4. The predicted octanol–water partition coefficient (Wildman–Crippen LogP) is 4.31. The largest absolute Gasteiger partial charge is 0.392 e. The number of pyridine rings is 1. The zero-order valence-corrected chi connectivity index (χ0v) is 18.1. The van der Waals surface area contributed by atoms with Crippen molar-refractivity contribution in [3.63, 3.8) is 0 Å². The van der Waals surface area contributed by atoms with E-state index < -0.39 is 17.8 Å². The molecule has 3 N–H and O–H groups in total. The van der Waals surface area contributed by atoms with E-state index >= 15 is 0 Å². The monoisotopic (exact) mass is 443 g/mol. The highest BCUT2D eigenvalue weighted by Crippen LogP contribution is 2.30. The lowest BCUT2D eigenvalue weighted by atomic mass is 10.1.